The first-order valence-electron chi connectivity index (χ1n) is 8.15. The molecule has 0 heterocycles. The Kier molecular flexibility index (Phi) is 5.64. The molecule has 1 aliphatic rings. The minimum atomic E-state index is -3.14. The van der Waals surface area contributed by atoms with E-state index in [4.69, 9.17) is 0 Å². The van der Waals surface area contributed by atoms with Gasteiger partial charge in [-0.2, -0.15) is 0 Å². The summed E-state index contributed by atoms with van der Waals surface area (Å²) >= 11 is 0. The van der Waals surface area contributed by atoms with Crippen LogP contribution in [0.3, 0.4) is 0 Å². The molecule has 22 heavy (non-hydrogen) atoms. The van der Waals surface area contributed by atoms with Gasteiger partial charge in [0.25, 0.3) is 0 Å². The molecule has 2 N–H and O–H groups in total. The fourth-order valence-electron chi connectivity index (χ4n) is 2.98. The van der Waals surface area contributed by atoms with Crippen LogP contribution in [-0.4, -0.2) is 31.4 Å². The van der Waals surface area contributed by atoms with Gasteiger partial charge in [0.15, 0.2) is 9.84 Å². The van der Waals surface area contributed by atoms with Crippen LogP contribution >= 0.6 is 0 Å². The second-order valence-electron chi connectivity index (χ2n) is 6.36. The van der Waals surface area contributed by atoms with Gasteiger partial charge in [-0.3, -0.25) is 0 Å². The van der Waals surface area contributed by atoms with E-state index in [1.807, 2.05) is 19.1 Å². The Morgan fingerprint density at radius 3 is 2.32 bits per heavy atom. The lowest BCUT2D eigenvalue weighted by Gasteiger charge is -2.33. The second kappa shape index (κ2) is 7.11. The zero-order valence-corrected chi connectivity index (χ0v) is 14.3. The summed E-state index contributed by atoms with van der Waals surface area (Å²) in [5, 5.41) is 13.9. The molecule has 0 radical (unpaired) electrons. The molecule has 1 saturated carbocycles. The molecule has 0 bridgehead atoms. The van der Waals surface area contributed by atoms with E-state index in [0.717, 1.165) is 31.2 Å². The van der Waals surface area contributed by atoms with Gasteiger partial charge in [-0.25, -0.2) is 8.42 Å². The first-order valence-corrected chi connectivity index (χ1v) is 9.80. The zero-order chi connectivity index (χ0) is 16.2. The molecule has 1 fully saturated rings. The molecule has 0 aliphatic heterocycles. The van der Waals surface area contributed by atoms with Gasteiger partial charge in [0.2, 0.25) is 0 Å². The molecule has 1 atom stereocenters. The van der Waals surface area contributed by atoms with Crippen LogP contribution < -0.4 is 5.32 Å². The van der Waals surface area contributed by atoms with Crippen LogP contribution in [0.5, 0.6) is 0 Å². The number of hydrogen-bond donors (Lipinski definition) is 2. The van der Waals surface area contributed by atoms with E-state index < -0.39 is 15.4 Å². The number of nitrogens with one attached hydrogen (secondary N) is 1. The van der Waals surface area contributed by atoms with Crippen molar-refractivity contribution < 1.29 is 13.5 Å². The normalized spacial score (nSPS) is 19.8. The maximum absolute atomic E-state index is 11.8. The van der Waals surface area contributed by atoms with E-state index in [9.17, 15) is 13.5 Å². The average molecular weight is 325 g/mol. The molecule has 2 rings (SSSR count). The number of aliphatic hydroxyl groups is 1. The molecule has 0 aromatic heterocycles. The van der Waals surface area contributed by atoms with Crippen molar-refractivity contribution >= 4 is 9.84 Å². The van der Waals surface area contributed by atoms with Gasteiger partial charge in [-0.1, -0.05) is 38.3 Å². The van der Waals surface area contributed by atoms with Crippen LogP contribution in [0.25, 0.3) is 0 Å². The van der Waals surface area contributed by atoms with E-state index in [-0.39, 0.29) is 11.8 Å². The van der Waals surface area contributed by atoms with Crippen LogP contribution in [0.1, 0.15) is 57.6 Å². The molecule has 5 heteroatoms. The average Bonchev–Trinajstić information content (AvgIpc) is 2.53. The second-order valence-corrected chi connectivity index (χ2v) is 8.64. The number of benzene rings is 1. The van der Waals surface area contributed by atoms with E-state index in [1.165, 1.54) is 6.42 Å². The third-order valence-corrected chi connectivity index (χ3v) is 6.39. The van der Waals surface area contributed by atoms with Crippen LogP contribution in [0.15, 0.2) is 29.2 Å². The fourth-order valence-corrected chi connectivity index (χ4v) is 3.86. The highest BCUT2D eigenvalue weighted by Crippen LogP contribution is 2.28. The Balaban J connectivity index is 1.96. The van der Waals surface area contributed by atoms with E-state index in [1.54, 1.807) is 19.1 Å². The van der Waals surface area contributed by atoms with Crippen molar-refractivity contribution in [2.75, 3.05) is 12.3 Å². The number of hydrogen-bond acceptors (Lipinski definition) is 4. The third kappa shape index (κ3) is 4.31. The predicted octanol–water partition coefficient (Wildman–Crippen LogP) is 2.83. The summed E-state index contributed by atoms with van der Waals surface area (Å²) in [6.45, 7) is 4.27. The Labute approximate surface area is 133 Å². The van der Waals surface area contributed by atoms with Crippen molar-refractivity contribution in [2.24, 2.45) is 0 Å². The van der Waals surface area contributed by atoms with Gasteiger partial charge in [0, 0.05) is 12.6 Å². The molecule has 1 unspecified atom stereocenters. The first-order chi connectivity index (χ1) is 10.4. The lowest BCUT2D eigenvalue weighted by molar-refractivity contribution is 0.00300. The monoisotopic (exact) mass is 325 g/mol. The topological polar surface area (TPSA) is 66.4 Å². The summed E-state index contributed by atoms with van der Waals surface area (Å²) in [4.78, 5) is 0.372. The molecule has 0 spiro atoms. The SMILES string of the molecule is CCS(=O)(=O)c1ccc(C(C)NCC2(O)CCCCC2)cc1. The predicted molar refractivity (Wildman–Crippen MR) is 88.6 cm³/mol. The van der Waals surface area contributed by atoms with Crippen LogP contribution in [-0.2, 0) is 9.84 Å². The standard InChI is InChI=1S/C17H27NO3S/c1-3-22(20,21)16-9-7-15(8-10-16)14(2)18-13-17(19)11-5-4-6-12-17/h7-10,14,18-19H,3-6,11-13H2,1-2H3. The van der Waals surface area contributed by atoms with Crippen molar-refractivity contribution in [2.45, 2.75) is 62.5 Å². The maximum atomic E-state index is 11.8. The highest BCUT2D eigenvalue weighted by Gasteiger charge is 2.29. The molecular weight excluding hydrogens is 298 g/mol. The van der Waals surface area contributed by atoms with Crippen LogP contribution in [0.2, 0.25) is 0 Å². The summed E-state index contributed by atoms with van der Waals surface area (Å²) in [5.41, 5.74) is 0.451. The van der Waals surface area contributed by atoms with Crippen molar-refractivity contribution in [1.29, 1.82) is 0 Å². The summed E-state index contributed by atoms with van der Waals surface area (Å²) < 4.78 is 23.6. The van der Waals surface area contributed by atoms with Gasteiger partial charge in [-0.15, -0.1) is 0 Å². The van der Waals surface area contributed by atoms with Gasteiger partial charge < -0.3 is 10.4 Å². The number of rotatable bonds is 6. The van der Waals surface area contributed by atoms with E-state index in [0.29, 0.717) is 11.4 Å². The highest BCUT2D eigenvalue weighted by molar-refractivity contribution is 7.91. The third-order valence-electron chi connectivity index (χ3n) is 4.64. The maximum Gasteiger partial charge on any atom is 0.178 e. The molecule has 0 saturated heterocycles. The van der Waals surface area contributed by atoms with Crippen LogP contribution in [0.4, 0.5) is 0 Å². The Morgan fingerprint density at radius 1 is 1.18 bits per heavy atom. The number of sulfone groups is 1. The summed E-state index contributed by atoms with van der Waals surface area (Å²) in [5.74, 6) is 0.118. The van der Waals surface area contributed by atoms with Crippen LogP contribution in [0, 0.1) is 0 Å². The molecule has 1 aliphatic carbocycles. The Bertz CT molecular complexity index is 574. The lowest BCUT2D eigenvalue weighted by atomic mass is 9.84. The molecule has 1 aromatic carbocycles. The smallest absolute Gasteiger partial charge is 0.178 e. The largest absolute Gasteiger partial charge is 0.389 e. The first kappa shape index (κ1) is 17.4. The van der Waals surface area contributed by atoms with Gasteiger partial charge in [0.05, 0.1) is 16.2 Å². The minimum absolute atomic E-state index is 0.0873. The molecule has 0 amide bonds. The van der Waals surface area contributed by atoms with Gasteiger partial charge in [0.1, 0.15) is 0 Å². The lowest BCUT2D eigenvalue weighted by Crippen LogP contribution is -2.42. The molecule has 1 aromatic rings. The van der Waals surface area contributed by atoms with Crippen molar-refractivity contribution in [3.05, 3.63) is 29.8 Å². The molecule has 124 valence electrons. The van der Waals surface area contributed by atoms with E-state index in [2.05, 4.69) is 5.32 Å². The summed E-state index contributed by atoms with van der Waals surface area (Å²) in [7, 11) is -3.14. The van der Waals surface area contributed by atoms with Crippen molar-refractivity contribution in [3.63, 3.8) is 0 Å². The minimum Gasteiger partial charge on any atom is -0.389 e. The Morgan fingerprint density at radius 2 is 1.77 bits per heavy atom. The van der Waals surface area contributed by atoms with E-state index >= 15 is 0 Å². The quantitative estimate of drug-likeness (QED) is 0.844. The van der Waals surface area contributed by atoms with Gasteiger partial charge >= 0.3 is 0 Å². The van der Waals surface area contributed by atoms with Gasteiger partial charge in [-0.05, 0) is 37.5 Å². The van der Waals surface area contributed by atoms with Crippen molar-refractivity contribution in [1.82, 2.24) is 5.32 Å². The highest BCUT2D eigenvalue weighted by atomic mass is 32.2. The molecule has 4 nitrogen and oxygen atoms in total. The molecular formula is C17H27NO3S. The fraction of sp³-hybridized carbons (Fsp3) is 0.647. The zero-order valence-electron chi connectivity index (χ0n) is 13.5. The summed E-state index contributed by atoms with van der Waals surface area (Å²) in [6.07, 6.45) is 5.12. The summed E-state index contributed by atoms with van der Waals surface area (Å²) in [6, 6.07) is 7.13. The Hall–Kier alpha value is -0.910. The van der Waals surface area contributed by atoms with Crippen molar-refractivity contribution in [3.8, 4) is 0 Å².